The maximum Gasteiger partial charge on any atom is 0.276 e. The molecule has 0 bridgehead atoms. The first-order chi connectivity index (χ1) is 10.2. The van der Waals surface area contributed by atoms with Crippen molar-refractivity contribution >= 4 is 17.3 Å². The Morgan fingerprint density at radius 1 is 1.29 bits per heavy atom. The molecule has 8 heteroatoms. The fraction of sp³-hybridized carbons (Fsp3) is 0.385. The zero-order chi connectivity index (χ0) is 15.1. The molecular weight excluding hydrogens is 272 g/mol. The molecule has 2 heterocycles. The zero-order valence-electron chi connectivity index (χ0n) is 11.8. The topological polar surface area (TPSA) is 97.9 Å². The van der Waals surface area contributed by atoms with Gasteiger partial charge in [0.25, 0.3) is 5.69 Å². The van der Waals surface area contributed by atoms with Crippen molar-refractivity contribution in [1.29, 1.82) is 0 Å². The zero-order valence-corrected chi connectivity index (χ0v) is 11.8. The largest absolute Gasteiger partial charge is 0.370 e. The van der Waals surface area contributed by atoms with Crippen molar-refractivity contribution in [3.63, 3.8) is 0 Å². The molecule has 21 heavy (non-hydrogen) atoms. The molecule has 0 aromatic carbocycles. The second kappa shape index (κ2) is 7.22. The van der Waals surface area contributed by atoms with Crippen LogP contribution in [0.15, 0.2) is 30.6 Å². The predicted octanol–water partition coefficient (Wildman–Crippen LogP) is 2.12. The molecule has 2 aromatic rings. The van der Waals surface area contributed by atoms with Gasteiger partial charge in [-0.05, 0) is 12.5 Å². The summed E-state index contributed by atoms with van der Waals surface area (Å²) in [7, 11) is 0. The Hall–Kier alpha value is -2.64. The third-order valence-electron chi connectivity index (χ3n) is 2.78. The molecule has 2 N–H and O–H groups in total. The lowest BCUT2D eigenvalue weighted by Crippen LogP contribution is -2.12. The van der Waals surface area contributed by atoms with E-state index in [1.165, 1.54) is 12.1 Å². The second-order valence-corrected chi connectivity index (χ2v) is 4.48. The van der Waals surface area contributed by atoms with E-state index < -0.39 is 4.92 Å². The van der Waals surface area contributed by atoms with Crippen LogP contribution in [0.4, 0.5) is 17.3 Å². The number of hydrogen-bond donors (Lipinski definition) is 2. The number of pyridine rings is 1. The van der Waals surface area contributed by atoms with Gasteiger partial charge in [-0.25, -0.2) is 4.98 Å². The Kier molecular flexibility index (Phi) is 5.08. The number of nitro groups is 1. The molecule has 2 aromatic heterocycles. The Bertz CT molecular complexity index is 584. The first kappa shape index (κ1) is 14.8. The molecule has 0 aliphatic rings. The van der Waals surface area contributed by atoms with E-state index in [4.69, 9.17) is 0 Å². The van der Waals surface area contributed by atoms with Gasteiger partial charge < -0.3 is 10.6 Å². The highest BCUT2D eigenvalue weighted by molar-refractivity contribution is 5.54. The minimum Gasteiger partial charge on any atom is -0.370 e. The van der Waals surface area contributed by atoms with Crippen LogP contribution >= 0.6 is 0 Å². The molecular formula is C13H18N6O2. The van der Waals surface area contributed by atoms with Gasteiger partial charge in [0.1, 0.15) is 11.6 Å². The molecule has 0 aliphatic heterocycles. The average Bonchev–Trinajstić information content (AvgIpc) is 2.98. The van der Waals surface area contributed by atoms with Gasteiger partial charge >= 0.3 is 0 Å². The quantitative estimate of drug-likeness (QED) is 0.571. The fourth-order valence-corrected chi connectivity index (χ4v) is 1.79. The van der Waals surface area contributed by atoms with Gasteiger partial charge in [0, 0.05) is 25.5 Å². The van der Waals surface area contributed by atoms with E-state index >= 15 is 0 Å². The summed E-state index contributed by atoms with van der Waals surface area (Å²) in [5.41, 5.74) is 0.0187. The Labute approximate surface area is 122 Å². The molecule has 0 atom stereocenters. The van der Waals surface area contributed by atoms with Crippen LogP contribution < -0.4 is 10.6 Å². The van der Waals surface area contributed by atoms with Crippen molar-refractivity contribution in [1.82, 2.24) is 14.8 Å². The smallest absolute Gasteiger partial charge is 0.276 e. The highest BCUT2D eigenvalue weighted by atomic mass is 16.6. The lowest BCUT2D eigenvalue weighted by atomic mass is 10.3. The van der Waals surface area contributed by atoms with E-state index in [1.54, 1.807) is 10.9 Å². The first-order valence-electron chi connectivity index (χ1n) is 6.80. The van der Waals surface area contributed by atoms with Gasteiger partial charge in [0.05, 0.1) is 23.6 Å². The molecule has 0 saturated carbocycles. The summed E-state index contributed by atoms with van der Waals surface area (Å²) in [5, 5.41) is 21.2. The van der Waals surface area contributed by atoms with Crippen LogP contribution in [0.2, 0.25) is 0 Å². The molecule has 0 unspecified atom stereocenters. The van der Waals surface area contributed by atoms with Gasteiger partial charge in [0.15, 0.2) is 0 Å². The average molecular weight is 290 g/mol. The molecule has 0 aliphatic carbocycles. The van der Waals surface area contributed by atoms with E-state index in [-0.39, 0.29) is 5.69 Å². The number of aromatic nitrogens is 3. The molecule has 112 valence electrons. The van der Waals surface area contributed by atoms with Crippen LogP contribution in [0.3, 0.4) is 0 Å². The van der Waals surface area contributed by atoms with Crippen molar-refractivity contribution in [2.45, 2.75) is 19.9 Å². The van der Waals surface area contributed by atoms with E-state index in [2.05, 4.69) is 20.7 Å². The molecule has 0 radical (unpaired) electrons. The number of rotatable bonds is 8. The third-order valence-corrected chi connectivity index (χ3v) is 2.78. The normalized spacial score (nSPS) is 10.3. The van der Waals surface area contributed by atoms with Gasteiger partial charge in [-0.2, -0.15) is 5.10 Å². The second-order valence-electron chi connectivity index (χ2n) is 4.48. The van der Waals surface area contributed by atoms with E-state index in [0.29, 0.717) is 24.7 Å². The minimum atomic E-state index is -0.419. The van der Waals surface area contributed by atoms with E-state index in [9.17, 15) is 10.1 Å². The van der Waals surface area contributed by atoms with Crippen molar-refractivity contribution in [3.05, 3.63) is 40.7 Å². The van der Waals surface area contributed by atoms with Crippen LogP contribution in [0.25, 0.3) is 0 Å². The van der Waals surface area contributed by atoms with Gasteiger partial charge in [0.2, 0.25) is 0 Å². The fourth-order valence-electron chi connectivity index (χ4n) is 1.79. The summed E-state index contributed by atoms with van der Waals surface area (Å²) in [6.45, 7) is 3.99. The number of hydrogen-bond acceptors (Lipinski definition) is 6. The lowest BCUT2D eigenvalue weighted by molar-refractivity contribution is -0.384. The van der Waals surface area contributed by atoms with Crippen LogP contribution in [0, 0.1) is 10.1 Å². The standard InChI is InChI=1S/C13H18N6O2/c1-2-4-14-12-9-11(19(20)21)10-13(17-12)15-6-8-18-7-3-5-16-18/h3,5,7,9-10H,2,4,6,8H2,1H3,(H2,14,15,17). The van der Waals surface area contributed by atoms with Crippen molar-refractivity contribution < 1.29 is 4.92 Å². The summed E-state index contributed by atoms with van der Waals surface area (Å²) < 4.78 is 1.78. The van der Waals surface area contributed by atoms with Gasteiger partial charge in [-0.3, -0.25) is 14.8 Å². The van der Waals surface area contributed by atoms with E-state index in [0.717, 1.165) is 13.0 Å². The summed E-state index contributed by atoms with van der Waals surface area (Å²) in [6.07, 6.45) is 4.49. The summed E-state index contributed by atoms with van der Waals surface area (Å²) in [6, 6.07) is 4.72. The van der Waals surface area contributed by atoms with Gasteiger partial charge in [-0.1, -0.05) is 6.92 Å². The number of nitrogens with one attached hydrogen (secondary N) is 2. The van der Waals surface area contributed by atoms with Crippen molar-refractivity contribution in [2.75, 3.05) is 23.7 Å². The Morgan fingerprint density at radius 2 is 2.00 bits per heavy atom. The number of anilines is 2. The first-order valence-corrected chi connectivity index (χ1v) is 6.80. The molecule has 0 spiro atoms. The molecule has 8 nitrogen and oxygen atoms in total. The maximum absolute atomic E-state index is 10.9. The van der Waals surface area contributed by atoms with Gasteiger partial charge in [-0.15, -0.1) is 0 Å². The van der Waals surface area contributed by atoms with Crippen molar-refractivity contribution in [3.8, 4) is 0 Å². The Balaban J connectivity index is 2.02. The SMILES string of the molecule is CCCNc1cc([N+](=O)[O-])cc(NCCn2cccn2)n1. The molecule has 0 amide bonds. The third kappa shape index (κ3) is 4.44. The highest BCUT2D eigenvalue weighted by Gasteiger charge is 2.10. The van der Waals surface area contributed by atoms with E-state index in [1.807, 2.05) is 19.2 Å². The number of nitrogens with zero attached hydrogens (tertiary/aromatic N) is 4. The predicted molar refractivity (Wildman–Crippen MR) is 80.4 cm³/mol. The minimum absolute atomic E-state index is 0.0187. The monoisotopic (exact) mass is 290 g/mol. The Morgan fingerprint density at radius 3 is 2.57 bits per heavy atom. The molecule has 2 rings (SSSR count). The molecule has 0 saturated heterocycles. The lowest BCUT2D eigenvalue weighted by Gasteiger charge is -2.09. The molecule has 0 fully saturated rings. The highest BCUT2D eigenvalue weighted by Crippen LogP contribution is 2.20. The maximum atomic E-state index is 10.9. The summed E-state index contributed by atoms with van der Waals surface area (Å²) in [5.74, 6) is 0.989. The summed E-state index contributed by atoms with van der Waals surface area (Å²) >= 11 is 0. The van der Waals surface area contributed by atoms with Crippen LogP contribution in [-0.4, -0.2) is 32.8 Å². The van der Waals surface area contributed by atoms with Crippen LogP contribution in [0.5, 0.6) is 0 Å². The van der Waals surface area contributed by atoms with Crippen LogP contribution in [-0.2, 0) is 6.54 Å². The van der Waals surface area contributed by atoms with Crippen molar-refractivity contribution in [2.24, 2.45) is 0 Å². The summed E-state index contributed by atoms with van der Waals surface area (Å²) in [4.78, 5) is 14.8. The van der Waals surface area contributed by atoms with Crippen LogP contribution in [0.1, 0.15) is 13.3 Å².